The number of carbonyl (C=O) groups is 1. The highest BCUT2D eigenvalue weighted by Gasteiger charge is 2.47. The number of nitrogens with zero attached hydrogens (tertiary/aromatic N) is 1. The second kappa shape index (κ2) is 8.07. The number of carbonyl (C=O) groups excluding carboxylic acids is 1. The third-order valence-corrected chi connectivity index (χ3v) is 6.58. The number of hydrogen-bond donors (Lipinski definition) is 1. The highest BCUT2D eigenvalue weighted by Crippen LogP contribution is 2.51. The summed E-state index contributed by atoms with van der Waals surface area (Å²) in [4.78, 5) is 14.7. The molecule has 1 heterocycles. The van der Waals surface area contributed by atoms with Crippen LogP contribution in [0.3, 0.4) is 0 Å². The van der Waals surface area contributed by atoms with Gasteiger partial charge in [-0.05, 0) is 48.4 Å². The van der Waals surface area contributed by atoms with Crippen molar-refractivity contribution in [2.75, 3.05) is 19.3 Å². The van der Waals surface area contributed by atoms with Crippen molar-refractivity contribution in [3.05, 3.63) is 59.7 Å². The fraction of sp³-hybridized carbons (Fsp3) is 0.409. The molecule has 2 aliphatic rings. The Labute approximate surface area is 175 Å². The number of likely N-dealkylation sites (tertiary alicyclic amines) is 1. The Morgan fingerprint density at radius 1 is 1.10 bits per heavy atom. The maximum absolute atomic E-state index is 14.4. The Hall–Kier alpha value is -2.32. The van der Waals surface area contributed by atoms with Gasteiger partial charge in [0, 0.05) is 25.0 Å². The number of halogens is 2. The zero-order valence-electron chi connectivity index (χ0n) is 16.6. The van der Waals surface area contributed by atoms with E-state index in [1.807, 2.05) is 12.1 Å². The zero-order valence-corrected chi connectivity index (χ0v) is 17.5. The molecular formula is C22H24F2N2O3S. The number of piperidine rings is 1. The van der Waals surface area contributed by atoms with Crippen LogP contribution in [0.15, 0.2) is 42.5 Å². The molecule has 1 saturated heterocycles. The lowest BCUT2D eigenvalue weighted by Gasteiger charge is -2.33. The van der Waals surface area contributed by atoms with Crippen molar-refractivity contribution < 1.29 is 22.0 Å². The smallest absolute Gasteiger partial charge is 0.226 e. The van der Waals surface area contributed by atoms with Gasteiger partial charge in [-0.25, -0.2) is 21.9 Å². The van der Waals surface area contributed by atoms with Crippen LogP contribution >= 0.6 is 0 Å². The van der Waals surface area contributed by atoms with Crippen LogP contribution in [0.1, 0.15) is 30.7 Å². The molecule has 2 aromatic rings. The molecule has 1 N–H and O–H groups in total. The first-order valence-electron chi connectivity index (χ1n) is 10.0. The quantitative estimate of drug-likeness (QED) is 0.786. The minimum absolute atomic E-state index is 0.0243. The Morgan fingerprint density at radius 3 is 2.50 bits per heavy atom. The molecule has 160 valence electrons. The summed E-state index contributed by atoms with van der Waals surface area (Å²) in [5.41, 5.74) is 1.17. The topological polar surface area (TPSA) is 66.5 Å². The largest absolute Gasteiger partial charge is 0.341 e. The highest BCUT2D eigenvalue weighted by molar-refractivity contribution is 7.88. The summed E-state index contributed by atoms with van der Waals surface area (Å²) >= 11 is 0. The van der Waals surface area contributed by atoms with Crippen LogP contribution in [-0.2, 0) is 14.8 Å². The molecule has 1 aliphatic heterocycles. The van der Waals surface area contributed by atoms with E-state index in [0.717, 1.165) is 18.2 Å². The predicted molar refractivity (Wildman–Crippen MR) is 110 cm³/mol. The van der Waals surface area contributed by atoms with Crippen molar-refractivity contribution in [3.8, 4) is 11.1 Å². The molecule has 1 aliphatic carbocycles. The Bertz CT molecular complexity index is 1050. The molecule has 1 saturated carbocycles. The van der Waals surface area contributed by atoms with Gasteiger partial charge in [-0.3, -0.25) is 4.79 Å². The summed E-state index contributed by atoms with van der Waals surface area (Å²) in [5, 5.41) is 0. The van der Waals surface area contributed by atoms with Gasteiger partial charge in [0.2, 0.25) is 15.9 Å². The van der Waals surface area contributed by atoms with Crippen LogP contribution in [0, 0.1) is 17.6 Å². The SMILES string of the molecule is CS(=O)(=O)N[C@H]1CCCN(C(=O)[C@@H]2C[C@H]2c2ccccc2-c2c(F)cccc2F)C1. The van der Waals surface area contributed by atoms with Crippen molar-refractivity contribution in [1.82, 2.24) is 9.62 Å². The van der Waals surface area contributed by atoms with Crippen molar-refractivity contribution in [2.24, 2.45) is 5.92 Å². The average molecular weight is 435 g/mol. The Kier molecular flexibility index (Phi) is 5.63. The van der Waals surface area contributed by atoms with Crippen LogP contribution in [0.2, 0.25) is 0 Å². The number of sulfonamides is 1. The highest BCUT2D eigenvalue weighted by atomic mass is 32.2. The van der Waals surface area contributed by atoms with Crippen LogP contribution in [0.25, 0.3) is 11.1 Å². The molecule has 5 nitrogen and oxygen atoms in total. The minimum Gasteiger partial charge on any atom is -0.341 e. The number of nitrogens with one attached hydrogen (secondary N) is 1. The van der Waals surface area contributed by atoms with E-state index in [4.69, 9.17) is 0 Å². The van der Waals surface area contributed by atoms with Gasteiger partial charge in [0.1, 0.15) is 11.6 Å². The lowest BCUT2D eigenvalue weighted by Crippen LogP contribution is -2.49. The standard InChI is InChI=1S/C22H24F2N2O3S/c1-30(28,29)25-14-6-5-11-26(13-14)22(27)18-12-17(18)15-7-2-3-8-16(15)21-19(23)9-4-10-20(21)24/h2-4,7-10,14,17-18,25H,5-6,11-13H2,1H3/t14-,17-,18+/m0/s1. The van der Waals surface area contributed by atoms with Crippen molar-refractivity contribution in [2.45, 2.75) is 31.2 Å². The van der Waals surface area contributed by atoms with Gasteiger partial charge < -0.3 is 4.90 Å². The van der Waals surface area contributed by atoms with Crippen LogP contribution in [0.4, 0.5) is 8.78 Å². The molecule has 0 aromatic heterocycles. The second-order valence-electron chi connectivity index (χ2n) is 8.15. The van der Waals surface area contributed by atoms with Crippen LogP contribution < -0.4 is 4.72 Å². The summed E-state index contributed by atoms with van der Waals surface area (Å²) in [6.07, 6.45) is 3.16. The summed E-state index contributed by atoms with van der Waals surface area (Å²) in [6.45, 7) is 0.937. The fourth-order valence-electron chi connectivity index (χ4n) is 4.43. The molecule has 2 fully saturated rings. The Balaban J connectivity index is 1.52. The van der Waals surface area contributed by atoms with E-state index in [-0.39, 0.29) is 29.3 Å². The molecule has 3 atom stereocenters. The van der Waals surface area contributed by atoms with E-state index >= 15 is 0 Å². The van der Waals surface area contributed by atoms with Gasteiger partial charge in [0.15, 0.2) is 0 Å². The molecule has 0 radical (unpaired) electrons. The van der Waals surface area contributed by atoms with Gasteiger partial charge in [0.25, 0.3) is 0 Å². The molecular weight excluding hydrogens is 410 g/mol. The maximum Gasteiger partial charge on any atom is 0.226 e. The van der Waals surface area contributed by atoms with Crippen molar-refractivity contribution in [3.63, 3.8) is 0 Å². The molecule has 0 unspecified atom stereocenters. The van der Waals surface area contributed by atoms with Crippen molar-refractivity contribution >= 4 is 15.9 Å². The number of amides is 1. The average Bonchev–Trinajstić information content (AvgIpc) is 3.47. The summed E-state index contributed by atoms with van der Waals surface area (Å²) < 4.78 is 54.3. The third-order valence-electron chi connectivity index (χ3n) is 5.81. The third kappa shape index (κ3) is 4.39. The molecule has 2 aromatic carbocycles. The van der Waals surface area contributed by atoms with Crippen molar-refractivity contribution in [1.29, 1.82) is 0 Å². The summed E-state index contributed by atoms with van der Waals surface area (Å²) in [7, 11) is -3.33. The number of hydrogen-bond acceptors (Lipinski definition) is 3. The predicted octanol–water partition coefficient (Wildman–Crippen LogP) is 3.28. The van der Waals surface area contributed by atoms with E-state index in [0.29, 0.717) is 31.5 Å². The minimum atomic E-state index is -3.33. The first-order chi connectivity index (χ1) is 14.2. The lowest BCUT2D eigenvalue weighted by molar-refractivity contribution is -0.133. The monoisotopic (exact) mass is 434 g/mol. The second-order valence-corrected chi connectivity index (χ2v) is 9.93. The maximum atomic E-state index is 14.4. The zero-order chi connectivity index (χ0) is 21.5. The lowest BCUT2D eigenvalue weighted by atomic mass is 9.95. The van der Waals surface area contributed by atoms with E-state index in [1.165, 1.54) is 18.2 Å². The van der Waals surface area contributed by atoms with E-state index in [2.05, 4.69) is 4.72 Å². The van der Waals surface area contributed by atoms with Gasteiger partial charge in [-0.1, -0.05) is 30.3 Å². The summed E-state index contributed by atoms with van der Waals surface area (Å²) in [5.74, 6) is -1.63. The number of benzene rings is 2. The van der Waals surface area contributed by atoms with Gasteiger partial charge in [0.05, 0.1) is 11.8 Å². The van der Waals surface area contributed by atoms with Gasteiger partial charge in [-0.2, -0.15) is 0 Å². The van der Waals surface area contributed by atoms with E-state index in [1.54, 1.807) is 17.0 Å². The molecule has 0 spiro atoms. The van der Waals surface area contributed by atoms with Gasteiger partial charge >= 0.3 is 0 Å². The van der Waals surface area contributed by atoms with Gasteiger partial charge in [-0.15, -0.1) is 0 Å². The first-order valence-corrected chi connectivity index (χ1v) is 11.9. The first kappa shape index (κ1) is 20.9. The molecule has 30 heavy (non-hydrogen) atoms. The molecule has 4 rings (SSSR count). The van der Waals surface area contributed by atoms with Crippen LogP contribution in [0.5, 0.6) is 0 Å². The van der Waals surface area contributed by atoms with E-state index < -0.39 is 21.7 Å². The number of rotatable bonds is 5. The molecule has 1 amide bonds. The molecule has 8 heteroatoms. The molecule has 0 bridgehead atoms. The summed E-state index contributed by atoms with van der Waals surface area (Å²) in [6, 6.07) is 10.6. The van der Waals surface area contributed by atoms with Crippen LogP contribution in [-0.4, -0.2) is 44.6 Å². The van der Waals surface area contributed by atoms with E-state index in [9.17, 15) is 22.0 Å². The normalized spacial score (nSPS) is 24.0. The Morgan fingerprint density at radius 2 is 1.80 bits per heavy atom. The fourth-order valence-corrected chi connectivity index (χ4v) is 5.22.